The molecule has 2 N–H and O–H groups in total. The summed E-state index contributed by atoms with van der Waals surface area (Å²) in [5.41, 5.74) is 3.03. The van der Waals surface area contributed by atoms with Gasteiger partial charge in [-0.15, -0.1) is 0 Å². The first-order valence-corrected chi connectivity index (χ1v) is 12.8. The largest absolute Gasteiger partial charge is 0.497 e. The number of halogens is 1. The predicted molar refractivity (Wildman–Crippen MR) is 157 cm³/mol. The minimum absolute atomic E-state index is 0.0764. The third-order valence-corrected chi connectivity index (χ3v) is 6.19. The molecule has 0 radical (unpaired) electrons. The number of hydrogen-bond donors (Lipinski definition) is 2. The van der Waals surface area contributed by atoms with Crippen LogP contribution in [0.5, 0.6) is 5.75 Å². The van der Waals surface area contributed by atoms with Crippen LogP contribution >= 0.6 is 15.9 Å². The highest BCUT2D eigenvalue weighted by atomic mass is 79.9. The van der Waals surface area contributed by atoms with Gasteiger partial charge in [0.15, 0.2) is 5.78 Å². The monoisotopic (exact) mass is 580 g/mol. The van der Waals surface area contributed by atoms with Crippen LogP contribution in [0.15, 0.2) is 119 Å². The second-order valence-corrected chi connectivity index (χ2v) is 9.35. The molecular formula is C32H25BrN2O4. The second kappa shape index (κ2) is 13.2. The smallest absolute Gasteiger partial charge is 0.272 e. The van der Waals surface area contributed by atoms with Crippen molar-refractivity contribution < 1.29 is 19.1 Å². The summed E-state index contributed by atoms with van der Waals surface area (Å²) < 4.78 is 6.10. The molecule has 0 aliphatic carbocycles. The van der Waals surface area contributed by atoms with Gasteiger partial charge >= 0.3 is 0 Å². The number of nitrogens with one attached hydrogen (secondary N) is 2. The van der Waals surface area contributed by atoms with Crippen molar-refractivity contribution in [3.8, 4) is 5.75 Å². The zero-order valence-corrected chi connectivity index (χ0v) is 22.6. The van der Waals surface area contributed by atoms with Gasteiger partial charge < -0.3 is 15.4 Å². The molecule has 0 atom stereocenters. The number of carbonyl (C=O) groups excluding carboxylic acids is 3. The van der Waals surface area contributed by atoms with Crippen LogP contribution in [0.25, 0.3) is 12.2 Å². The van der Waals surface area contributed by atoms with Crippen molar-refractivity contribution in [1.82, 2.24) is 5.32 Å². The molecule has 7 heteroatoms. The fourth-order valence-corrected chi connectivity index (χ4v) is 3.86. The summed E-state index contributed by atoms with van der Waals surface area (Å²) >= 11 is 3.40. The van der Waals surface area contributed by atoms with Crippen LogP contribution in [0.4, 0.5) is 5.69 Å². The normalized spacial score (nSPS) is 11.2. The SMILES string of the molecule is COc1cccc(/C=C/C(=O)c2ccc(NC(=O)/C(=C/c3ccc(Br)cc3)NC(=O)c3ccccc3)cc2)c1. The Kier molecular flexibility index (Phi) is 9.21. The van der Waals surface area contributed by atoms with Gasteiger partial charge in [0.05, 0.1) is 7.11 Å². The molecule has 194 valence electrons. The Bertz CT molecular complexity index is 1530. The lowest BCUT2D eigenvalue weighted by Crippen LogP contribution is -2.30. The molecule has 4 rings (SSSR count). The topological polar surface area (TPSA) is 84.5 Å². The van der Waals surface area contributed by atoms with E-state index in [1.807, 2.05) is 54.6 Å². The van der Waals surface area contributed by atoms with E-state index in [0.29, 0.717) is 22.6 Å². The van der Waals surface area contributed by atoms with Gasteiger partial charge in [0.2, 0.25) is 0 Å². The van der Waals surface area contributed by atoms with Gasteiger partial charge in [-0.25, -0.2) is 0 Å². The molecule has 0 spiro atoms. The van der Waals surface area contributed by atoms with Gasteiger partial charge in [-0.05, 0) is 83.9 Å². The van der Waals surface area contributed by atoms with Gasteiger partial charge in [-0.2, -0.15) is 0 Å². The molecule has 2 amide bonds. The fourth-order valence-electron chi connectivity index (χ4n) is 3.60. The molecule has 0 aliphatic rings. The quantitative estimate of drug-likeness (QED) is 0.169. The Labute approximate surface area is 235 Å². The van der Waals surface area contributed by atoms with E-state index in [2.05, 4.69) is 26.6 Å². The number of ether oxygens (including phenoxy) is 1. The average Bonchev–Trinajstić information content (AvgIpc) is 2.97. The van der Waals surface area contributed by atoms with Crippen LogP contribution in [-0.2, 0) is 4.79 Å². The van der Waals surface area contributed by atoms with E-state index in [9.17, 15) is 14.4 Å². The van der Waals surface area contributed by atoms with Crippen LogP contribution in [-0.4, -0.2) is 24.7 Å². The summed E-state index contributed by atoms with van der Waals surface area (Å²) in [4.78, 5) is 38.6. The lowest BCUT2D eigenvalue weighted by Gasteiger charge is -2.12. The predicted octanol–water partition coefficient (Wildman–Crippen LogP) is 6.76. The van der Waals surface area contributed by atoms with E-state index in [1.165, 1.54) is 6.08 Å². The summed E-state index contributed by atoms with van der Waals surface area (Å²) in [6.07, 6.45) is 4.81. The molecule has 0 fully saturated rings. The Hall–Kier alpha value is -4.75. The molecule has 0 aliphatic heterocycles. The molecule has 6 nitrogen and oxygen atoms in total. The number of benzene rings is 4. The Balaban J connectivity index is 1.48. The lowest BCUT2D eigenvalue weighted by atomic mass is 10.1. The molecular weight excluding hydrogens is 556 g/mol. The lowest BCUT2D eigenvalue weighted by molar-refractivity contribution is -0.113. The second-order valence-electron chi connectivity index (χ2n) is 8.44. The Morgan fingerprint density at radius 3 is 2.18 bits per heavy atom. The van der Waals surface area contributed by atoms with E-state index < -0.39 is 11.8 Å². The minimum atomic E-state index is -0.501. The van der Waals surface area contributed by atoms with Crippen molar-refractivity contribution in [3.05, 3.63) is 142 Å². The van der Waals surface area contributed by atoms with Gasteiger partial charge in [-0.1, -0.05) is 64.5 Å². The molecule has 0 saturated heterocycles. The number of rotatable bonds is 9. The van der Waals surface area contributed by atoms with Crippen LogP contribution in [0.1, 0.15) is 31.8 Å². The van der Waals surface area contributed by atoms with Crippen LogP contribution in [0.3, 0.4) is 0 Å². The summed E-state index contributed by atoms with van der Waals surface area (Å²) in [7, 11) is 1.59. The number of allylic oxidation sites excluding steroid dienone is 1. The molecule has 0 heterocycles. The zero-order chi connectivity index (χ0) is 27.6. The zero-order valence-electron chi connectivity index (χ0n) is 21.1. The minimum Gasteiger partial charge on any atom is -0.497 e. The van der Waals surface area contributed by atoms with E-state index in [4.69, 9.17) is 4.74 Å². The highest BCUT2D eigenvalue weighted by molar-refractivity contribution is 9.10. The maximum atomic E-state index is 13.2. The summed E-state index contributed by atoms with van der Waals surface area (Å²) in [5, 5.41) is 5.51. The van der Waals surface area contributed by atoms with Gasteiger partial charge in [0, 0.05) is 21.3 Å². The van der Waals surface area contributed by atoms with Crippen molar-refractivity contribution in [2.45, 2.75) is 0 Å². The molecule has 0 bridgehead atoms. The van der Waals surface area contributed by atoms with Crippen molar-refractivity contribution in [3.63, 3.8) is 0 Å². The van der Waals surface area contributed by atoms with Crippen molar-refractivity contribution in [2.24, 2.45) is 0 Å². The van der Waals surface area contributed by atoms with Crippen molar-refractivity contribution in [2.75, 3.05) is 12.4 Å². The van der Waals surface area contributed by atoms with Gasteiger partial charge in [-0.3, -0.25) is 14.4 Å². The molecule has 0 aromatic heterocycles. The first-order chi connectivity index (χ1) is 18.9. The first-order valence-electron chi connectivity index (χ1n) is 12.0. The van der Waals surface area contributed by atoms with E-state index in [1.54, 1.807) is 67.8 Å². The maximum Gasteiger partial charge on any atom is 0.272 e. The third-order valence-electron chi connectivity index (χ3n) is 5.66. The first kappa shape index (κ1) is 27.3. The van der Waals surface area contributed by atoms with Crippen molar-refractivity contribution in [1.29, 1.82) is 0 Å². The Morgan fingerprint density at radius 2 is 1.49 bits per heavy atom. The highest BCUT2D eigenvalue weighted by Gasteiger charge is 2.15. The summed E-state index contributed by atoms with van der Waals surface area (Å²) in [6.45, 7) is 0. The van der Waals surface area contributed by atoms with E-state index in [0.717, 1.165) is 15.6 Å². The Morgan fingerprint density at radius 1 is 0.769 bits per heavy atom. The number of ketones is 1. The van der Waals surface area contributed by atoms with Crippen LogP contribution < -0.4 is 15.4 Å². The van der Waals surface area contributed by atoms with Crippen LogP contribution in [0.2, 0.25) is 0 Å². The summed E-state index contributed by atoms with van der Waals surface area (Å²) in [6, 6.07) is 29.9. The van der Waals surface area contributed by atoms with Crippen LogP contribution in [0, 0.1) is 0 Å². The third kappa shape index (κ3) is 7.87. The number of carbonyl (C=O) groups is 3. The van der Waals surface area contributed by atoms with Crippen molar-refractivity contribution >= 4 is 51.4 Å². The average molecular weight is 581 g/mol. The fraction of sp³-hybridized carbons (Fsp3) is 0.0312. The molecule has 4 aromatic rings. The molecule has 0 saturated carbocycles. The maximum absolute atomic E-state index is 13.2. The standard InChI is InChI=1S/C32H25BrN2O4/c1-39-28-9-5-6-22(20-28)12-19-30(36)24-13-17-27(18-14-24)34-32(38)29(21-23-10-15-26(33)16-11-23)35-31(37)25-7-3-2-4-8-25/h2-21H,1H3,(H,34,38)(H,35,37)/b19-12+,29-21-. The number of hydrogen-bond acceptors (Lipinski definition) is 4. The highest BCUT2D eigenvalue weighted by Crippen LogP contribution is 2.17. The number of methoxy groups -OCH3 is 1. The van der Waals surface area contributed by atoms with Gasteiger partial charge in [0.1, 0.15) is 11.4 Å². The summed E-state index contributed by atoms with van der Waals surface area (Å²) in [5.74, 6) is -0.378. The molecule has 4 aromatic carbocycles. The number of amides is 2. The van der Waals surface area contributed by atoms with E-state index in [-0.39, 0.29) is 11.5 Å². The molecule has 0 unspecified atom stereocenters. The van der Waals surface area contributed by atoms with E-state index >= 15 is 0 Å². The molecule has 39 heavy (non-hydrogen) atoms. The van der Waals surface area contributed by atoms with Gasteiger partial charge in [0.25, 0.3) is 11.8 Å². The number of anilines is 1.